The van der Waals surface area contributed by atoms with E-state index in [1.807, 2.05) is 35.2 Å². The lowest BCUT2D eigenvalue weighted by molar-refractivity contribution is -0.131. The van der Waals surface area contributed by atoms with Gasteiger partial charge in [0, 0.05) is 18.6 Å². The quantitative estimate of drug-likeness (QED) is 0.844. The number of rotatable bonds is 6. The van der Waals surface area contributed by atoms with Crippen LogP contribution in [0.4, 0.5) is 0 Å². The molecule has 2 atom stereocenters. The molecule has 1 saturated heterocycles. The molecule has 0 bridgehead atoms. The molecule has 2 unspecified atom stereocenters. The van der Waals surface area contributed by atoms with Gasteiger partial charge in [-0.3, -0.25) is 4.79 Å². The second-order valence-electron chi connectivity index (χ2n) is 6.20. The zero-order valence-electron chi connectivity index (χ0n) is 12.8. The van der Waals surface area contributed by atoms with Crippen LogP contribution >= 0.6 is 12.4 Å². The Labute approximate surface area is 138 Å². The molecule has 5 heteroatoms. The number of carbonyl (C=O) groups is 1. The number of hydrogen-bond acceptors (Lipinski definition) is 3. The first-order valence-electron chi connectivity index (χ1n) is 8.00. The minimum Gasteiger partial charge on any atom is -0.388 e. The van der Waals surface area contributed by atoms with E-state index in [1.165, 1.54) is 12.8 Å². The van der Waals surface area contributed by atoms with Crippen molar-refractivity contribution >= 4 is 18.3 Å². The largest absolute Gasteiger partial charge is 0.388 e. The van der Waals surface area contributed by atoms with E-state index < -0.39 is 6.10 Å². The lowest BCUT2D eigenvalue weighted by atomic mass is 10.0. The van der Waals surface area contributed by atoms with Crippen molar-refractivity contribution in [2.75, 3.05) is 13.1 Å². The van der Waals surface area contributed by atoms with Crippen molar-refractivity contribution in [1.82, 2.24) is 10.2 Å². The third-order valence-corrected chi connectivity index (χ3v) is 4.50. The van der Waals surface area contributed by atoms with E-state index in [-0.39, 0.29) is 24.4 Å². The summed E-state index contributed by atoms with van der Waals surface area (Å²) in [6, 6.07) is 10.5. The summed E-state index contributed by atoms with van der Waals surface area (Å²) in [5.74, 6) is 0.185. The number of nitrogens with one attached hydrogen (secondary N) is 1. The van der Waals surface area contributed by atoms with Crippen LogP contribution in [0.15, 0.2) is 30.3 Å². The Morgan fingerprint density at radius 3 is 2.68 bits per heavy atom. The molecule has 1 saturated carbocycles. The van der Waals surface area contributed by atoms with Crippen LogP contribution in [0.25, 0.3) is 0 Å². The van der Waals surface area contributed by atoms with Gasteiger partial charge < -0.3 is 15.3 Å². The molecule has 122 valence electrons. The fourth-order valence-corrected chi connectivity index (χ4v) is 3.10. The first kappa shape index (κ1) is 17.3. The van der Waals surface area contributed by atoms with Crippen molar-refractivity contribution < 1.29 is 9.90 Å². The van der Waals surface area contributed by atoms with Crippen molar-refractivity contribution in [1.29, 1.82) is 0 Å². The van der Waals surface area contributed by atoms with Gasteiger partial charge in [-0.25, -0.2) is 0 Å². The third kappa shape index (κ3) is 4.45. The molecule has 1 amide bonds. The fraction of sp³-hybridized carbons (Fsp3) is 0.588. The normalized spacial score (nSPS) is 22.2. The SMILES string of the molecule is Cl.O=C(CNC1CC1)N1CCCC1CC(O)c1ccccc1. The maximum atomic E-state index is 12.3. The van der Waals surface area contributed by atoms with Crippen molar-refractivity contribution in [2.24, 2.45) is 0 Å². The molecule has 2 aliphatic rings. The number of aliphatic hydroxyl groups is 1. The van der Waals surface area contributed by atoms with Gasteiger partial charge in [-0.05, 0) is 37.7 Å². The van der Waals surface area contributed by atoms with Crippen molar-refractivity contribution in [3.05, 3.63) is 35.9 Å². The van der Waals surface area contributed by atoms with E-state index in [1.54, 1.807) is 0 Å². The zero-order chi connectivity index (χ0) is 14.7. The zero-order valence-corrected chi connectivity index (χ0v) is 13.6. The van der Waals surface area contributed by atoms with E-state index >= 15 is 0 Å². The number of likely N-dealkylation sites (tertiary alicyclic amines) is 1. The summed E-state index contributed by atoms with van der Waals surface area (Å²) >= 11 is 0. The van der Waals surface area contributed by atoms with Gasteiger partial charge in [0.2, 0.25) is 5.91 Å². The molecule has 2 N–H and O–H groups in total. The maximum Gasteiger partial charge on any atom is 0.236 e. The van der Waals surface area contributed by atoms with Crippen LogP contribution in [0, 0.1) is 0 Å². The number of amides is 1. The highest BCUT2D eigenvalue weighted by Gasteiger charge is 2.31. The average Bonchev–Trinajstić information content (AvgIpc) is 3.23. The van der Waals surface area contributed by atoms with E-state index in [0.717, 1.165) is 24.9 Å². The molecule has 2 fully saturated rings. The lowest BCUT2D eigenvalue weighted by Gasteiger charge is -2.27. The van der Waals surface area contributed by atoms with Crippen molar-refractivity contribution in [3.63, 3.8) is 0 Å². The Bertz CT molecular complexity index is 479. The molecule has 3 rings (SSSR count). The predicted molar refractivity (Wildman–Crippen MR) is 89.0 cm³/mol. The van der Waals surface area contributed by atoms with Gasteiger partial charge in [0.05, 0.1) is 12.6 Å². The number of carbonyl (C=O) groups excluding carboxylic acids is 1. The molecule has 1 aliphatic heterocycles. The Kier molecular flexibility index (Phi) is 6.24. The maximum absolute atomic E-state index is 12.3. The molecule has 1 aromatic rings. The van der Waals surface area contributed by atoms with Gasteiger partial charge in [-0.15, -0.1) is 12.4 Å². The Balaban J connectivity index is 0.00000176. The minimum absolute atomic E-state index is 0. The number of nitrogens with zero attached hydrogens (tertiary/aromatic N) is 1. The van der Waals surface area contributed by atoms with Crippen LogP contribution in [0.5, 0.6) is 0 Å². The molecule has 22 heavy (non-hydrogen) atoms. The van der Waals surface area contributed by atoms with Gasteiger partial charge in [-0.1, -0.05) is 30.3 Å². The van der Waals surface area contributed by atoms with Crippen LogP contribution in [0.2, 0.25) is 0 Å². The molecule has 4 nitrogen and oxygen atoms in total. The van der Waals surface area contributed by atoms with E-state index in [2.05, 4.69) is 5.32 Å². The van der Waals surface area contributed by atoms with Crippen LogP contribution < -0.4 is 5.32 Å². The van der Waals surface area contributed by atoms with Crippen LogP contribution in [0.3, 0.4) is 0 Å². The average molecular weight is 325 g/mol. The number of benzene rings is 1. The van der Waals surface area contributed by atoms with Gasteiger partial charge in [0.1, 0.15) is 0 Å². The van der Waals surface area contributed by atoms with Crippen molar-refractivity contribution in [2.45, 2.75) is 50.3 Å². The highest BCUT2D eigenvalue weighted by atomic mass is 35.5. The molecule has 1 heterocycles. The topological polar surface area (TPSA) is 52.6 Å². The van der Waals surface area contributed by atoms with Crippen LogP contribution in [-0.2, 0) is 4.79 Å². The van der Waals surface area contributed by atoms with Crippen LogP contribution in [0.1, 0.15) is 43.8 Å². The summed E-state index contributed by atoms with van der Waals surface area (Å²) in [7, 11) is 0. The second kappa shape index (κ2) is 7.95. The summed E-state index contributed by atoms with van der Waals surface area (Å²) in [6.45, 7) is 1.28. The van der Waals surface area contributed by atoms with Gasteiger partial charge >= 0.3 is 0 Å². The van der Waals surface area contributed by atoms with Gasteiger partial charge in [-0.2, -0.15) is 0 Å². The monoisotopic (exact) mass is 324 g/mol. The summed E-state index contributed by atoms with van der Waals surface area (Å²) in [5, 5.41) is 13.6. The summed E-state index contributed by atoms with van der Waals surface area (Å²) in [5.41, 5.74) is 0.938. The highest BCUT2D eigenvalue weighted by Crippen LogP contribution is 2.27. The van der Waals surface area contributed by atoms with E-state index in [0.29, 0.717) is 19.0 Å². The first-order chi connectivity index (χ1) is 10.2. The molecule has 0 radical (unpaired) electrons. The molecule has 1 aromatic carbocycles. The molecular formula is C17H25ClN2O2. The Hall–Kier alpha value is -1.10. The summed E-state index contributed by atoms with van der Waals surface area (Å²) in [6.07, 6.45) is 4.59. The highest BCUT2D eigenvalue weighted by molar-refractivity contribution is 5.85. The van der Waals surface area contributed by atoms with E-state index in [9.17, 15) is 9.90 Å². The Morgan fingerprint density at radius 2 is 2.00 bits per heavy atom. The van der Waals surface area contributed by atoms with Crippen molar-refractivity contribution in [3.8, 4) is 0 Å². The summed E-state index contributed by atoms with van der Waals surface area (Å²) < 4.78 is 0. The molecule has 1 aliphatic carbocycles. The number of aliphatic hydroxyl groups excluding tert-OH is 1. The minimum atomic E-state index is -0.485. The number of halogens is 1. The standard InChI is InChI=1S/C17H24N2O2.ClH/c20-16(13-5-2-1-3-6-13)11-15-7-4-10-19(15)17(21)12-18-14-8-9-14;/h1-3,5-6,14-16,18,20H,4,7-12H2;1H. The summed E-state index contributed by atoms with van der Waals surface area (Å²) in [4.78, 5) is 14.2. The molecular weight excluding hydrogens is 300 g/mol. The first-order valence-corrected chi connectivity index (χ1v) is 8.00. The fourth-order valence-electron chi connectivity index (χ4n) is 3.10. The van der Waals surface area contributed by atoms with E-state index in [4.69, 9.17) is 0 Å². The smallest absolute Gasteiger partial charge is 0.236 e. The predicted octanol–water partition coefficient (Wildman–Crippen LogP) is 2.27. The van der Waals surface area contributed by atoms with Gasteiger partial charge in [0.25, 0.3) is 0 Å². The third-order valence-electron chi connectivity index (χ3n) is 4.50. The van der Waals surface area contributed by atoms with Gasteiger partial charge in [0.15, 0.2) is 0 Å². The molecule has 0 aromatic heterocycles. The lowest BCUT2D eigenvalue weighted by Crippen LogP contribution is -2.42. The Morgan fingerprint density at radius 1 is 1.27 bits per heavy atom. The molecule has 0 spiro atoms. The second-order valence-corrected chi connectivity index (χ2v) is 6.20. The van der Waals surface area contributed by atoms with Crippen LogP contribution in [-0.4, -0.2) is 41.1 Å². The number of hydrogen-bond donors (Lipinski definition) is 2.